The molecule has 10 nitrogen and oxygen atoms in total. The average molecular weight is 915 g/mol. The van der Waals surface area contributed by atoms with E-state index in [0.717, 1.165) is 100 Å². The molecule has 5 aromatic rings. The highest BCUT2D eigenvalue weighted by atomic mass is 16.5. The van der Waals surface area contributed by atoms with Gasteiger partial charge in [-0.05, 0) is 142 Å². The van der Waals surface area contributed by atoms with Crippen LogP contribution in [0.4, 0.5) is 5.69 Å². The molecule has 12 rings (SSSR count). The molecule has 6 aliphatic heterocycles. The molecule has 6 heterocycles. The first-order valence-corrected chi connectivity index (χ1v) is 24.5. The van der Waals surface area contributed by atoms with Gasteiger partial charge in [0.1, 0.15) is 41.7 Å². The molecule has 0 unspecified atom stereocenters. The van der Waals surface area contributed by atoms with Crippen LogP contribution in [-0.4, -0.2) is 49.8 Å². The highest BCUT2D eigenvalue weighted by molar-refractivity contribution is 6.08. The van der Waals surface area contributed by atoms with Crippen molar-refractivity contribution in [2.24, 2.45) is 0 Å². The Morgan fingerprint density at radius 2 is 1.51 bits per heavy atom. The van der Waals surface area contributed by atoms with Gasteiger partial charge in [-0.3, -0.25) is 4.79 Å². The number of benzene rings is 6. The number of rotatable bonds is 9. The Hall–Kier alpha value is -7.64. The first kappa shape index (κ1) is 42.7. The number of carboxylic acids is 1. The lowest BCUT2D eigenvalue weighted by Crippen LogP contribution is -2.45. The van der Waals surface area contributed by atoms with Crippen LogP contribution in [0.15, 0.2) is 100 Å². The molecule has 69 heavy (non-hydrogen) atoms. The van der Waals surface area contributed by atoms with Crippen LogP contribution in [0.5, 0.6) is 17.2 Å². The summed E-state index contributed by atoms with van der Waals surface area (Å²) in [7, 11) is 0. The minimum Gasteiger partial charge on any atom is -0.550 e. The zero-order valence-corrected chi connectivity index (χ0v) is 38.4. The van der Waals surface area contributed by atoms with Gasteiger partial charge in [-0.2, -0.15) is 0 Å². The van der Waals surface area contributed by atoms with Gasteiger partial charge in [0.15, 0.2) is 5.43 Å². The maximum absolute atomic E-state index is 14.1. The van der Waals surface area contributed by atoms with Crippen LogP contribution >= 0.6 is 0 Å². The standard InChI is InChI=1S/C59H50N2O8/c62-40-20-23-43-50(33-40)68-51-34-41(63)21-24-44(51)54(43)42-22-17-36(30-47(42)59(66)67-29-3-1-2-12-52(64)65)14-13-35-15-18-37(19-16-35)53-48-31-38-8-4-25-60-27-6-10-45(55(38)60)57(48)69-58-46-11-7-28-61-26-5-9-39(56(46)61)32-49(53)58/h15-24,30-34H,1-12,25-29H2,(H-,62,63,64,65). The summed E-state index contributed by atoms with van der Waals surface area (Å²) in [4.78, 5) is 40.2. The van der Waals surface area contributed by atoms with Crippen LogP contribution in [0.25, 0.3) is 39.0 Å². The number of esters is 1. The second kappa shape index (κ2) is 17.5. The van der Waals surface area contributed by atoms with E-state index in [1.165, 1.54) is 67.9 Å². The number of nitrogens with zero attached hydrogens (tertiary/aromatic N) is 2. The van der Waals surface area contributed by atoms with Gasteiger partial charge < -0.3 is 33.8 Å². The SMILES string of the molecule is O=C([O-])CCCCCOC(=O)c1cc(C#Cc2ccc(C3=c4cc5c6c(c4Oc4c3cc3c7c4CCCN7CCC3)CCC[N+]=6CCC5)cc2)ccc1-c1c2ccc(=O)cc-2oc2cc(O)ccc12. The van der Waals surface area contributed by atoms with Crippen LogP contribution in [0.3, 0.4) is 0 Å². The minimum atomic E-state index is -1.11. The number of aromatic hydroxyl groups is 1. The zero-order valence-electron chi connectivity index (χ0n) is 38.4. The van der Waals surface area contributed by atoms with Gasteiger partial charge in [-0.15, -0.1) is 0 Å². The fourth-order valence-corrected chi connectivity index (χ4v) is 11.6. The molecule has 10 heteroatoms. The van der Waals surface area contributed by atoms with E-state index in [-0.39, 0.29) is 29.8 Å². The first-order valence-electron chi connectivity index (χ1n) is 24.5. The van der Waals surface area contributed by atoms with Gasteiger partial charge >= 0.3 is 5.97 Å². The summed E-state index contributed by atoms with van der Waals surface area (Å²) in [5, 5.41) is 24.5. The topological polar surface area (TPSA) is 132 Å². The predicted octanol–water partition coefficient (Wildman–Crippen LogP) is 7.57. The van der Waals surface area contributed by atoms with Crippen molar-refractivity contribution >= 4 is 34.2 Å². The Bertz CT molecular complexity index is 3530. The van der Waals surface area contributed by atoms with Crippen LogP contribution < -0.4 is 35.3 Å². The van der Waals surface area contributed by atoms with E-state index < -0.39 is 11.9 Å². The molecule has 0 fully saturated rings. The van der Waals surface area contributed by atoms with Crippen molar-refractivity contribution in [1.29, 1.82) is 0 Å². The van der Waals surface area contributed by atoms with Crippen molar-refractivity contribution < 1.29 is 33.7 Å². The van der Waals surface area contributed by atoms with Gasteiger partial charge in [-0.25, -0.2) is 9.37 Å². The van der Waals surface area contributed by atoms with E-state index in [0.29, 0.717) is 58.2 Å². The van der Waals surface area contributed by atoms with E-state index in [1.807, 2.05) is 12.1 Å². The highest BCUT2D eigenvalue weighted by Crippen LogP contribution is 2.49. The smallest absolute Gasteiger partial charge is 0.338 e. The number of hydrogen-bond acceptors (Lipinski definition) is 9. The molecule has 0 saturated heterocycles. The predicted molar refractivity (Wildman–Crippen MR) is 263 cm³/mol. The maximum Gasteiger partial charge on any atom is 0.338 e. The van der Waals surface area contributed by atoms with Crippen molar-refractivity contribution in [2.75, 3.05) is 37.7 Å². The number of aryl methyl sites for hydroxylation is 2. The van der Waals surface area contributed by atoms with Crippen molar-refractivity contribution in [2.45, 2.75) is 77.0 Å². The lowest BCUT2D eigenvalue weighted by molar-refractivity contribution is -0.305. The van der Waals surface area contributed by atoms with Crippen LogP contribution in [0, 0.1) is 11.8 Å². The summed E-state index contributed by atoms with van der Waals surface area (Å²) in [5.41, 5.74) is 14.1. The fourth-order valence-electron chi connectivity index (χ4n) is 11.6. The molecule has 0 spiro atoms. The monoisotopic (exact) mass is 914 g/mol. The van der Waals surface area contributed by atoms with Crippen molar-refractivity contribution in [3.63, 3.8) is 0 Å². The summed E-state index contributed by atoms with van der Waals surface area (Å²) < 4.78 is 21.8. The maximum atomic E-state index is 14.1. The third-order valence-corrected chi connectivity index (χ3v) is 14.7. The highest BCUT2D eigenvalue weighted by Gasteiger charge is 2.36. The number of anilines is 1. The lowest BCUT2D eigenvalue weighted by atomic mass is 9.82. The Morgan fingerprint density at radius 1 is 0.739 bits per heavy atom. The third-order valence-electron chi connectivity index (χ3n) is 14.7. The number of carbonyl (C=O) groups is 2. The number of fused-ring (bicyclic) bond motifs is 6. The van der Waals surface area contributed by atoms with Crippen molar-refractivity contribution in [1.82, 2.24) is 4.58 Å². The van der Waals surface area contributed by atoms with E-state index >= 15 is 0 Å². The van der Waals surface area contributed by atoms with Gasteiger partial charge in [0.2, 0.25) is 5.36 Å². The van der Waals surface area contributed by atoms with Gasteiger partial charge in [-0.1, -0.05) is 30.0 Å². The Kier molecular flexibility index (Phi) is 10.8. The number of carbonyl (C=O) groups excluding carboxylic acids is 2. The number of hydrogen-bond donors (Lipinski definition) is 1. The summed E-state index contributed by atoms with van der Waals surface area (Å²) in [5.74, 6) is 7.37. The molecule has 0 atom stereocenters. The quantitative estimate of drug-likeness (QED) is 0.0512. The van der Waals surface area contributed by atoms with E-state index in [1.54, 1.807) is 24.3 Å². The molecule has 1 N–H and O–H groups in total. The Labute approximate surface area is 399 Å². The van der Waals surface area contributed by atoms with Gasteiger partial charge in [0.25, 0.3) is 0 Å². The molecule has 0 amide bonds. The molecular formula is C59H50N2O8. The number of phenols is 1. The molecule has 344 valence electrons. The minimum absolute atomic E-state index is 0.00754. The summed E-state index contributed by atoms with van der Waals surface area (Å²) >= 11 is 0. The first-order chi connectivity index (χ1) is 33.8. The molecule has 1 aliphatic carbocycles. The number of aliphatic carboxylic acids is 1. The lowest BCUT2D eigenvalue weighted by Gasteiger charge is -2.39. The second-order valence-electron chi connectivity index (χ2n) is 19.1. The number of unbranched alkanes of at least 4 members (excludes halogenated alkanes) is 2. The molecule has 0 bridgehead atoms. The number of ether oxygens (including phenoxy) is 2. The summed E-state index contributed by atoms with van der Waals surface area (Å²) in [6.45, 7) is 4.49. The average Bonchev–Trinajstić information content (AvgIpc) is 3.36. The molecule has 0 aromatic heterocycles. The van der Waals surface area contributed by atoms with E-state index in [2.05, 4.69) is 57.7 Å². The number of carboxylic acid groups (broad SMARTS) is 1. The summed E-state index contributed by atoms with van der Waals surface area (Å²) in [6.07, 6.45) is 10.1. The summed E-state index contributed by atoms with van der Waals surface area (Å²) in [6, 6.07) is 28.1. The van der Waals surface area contributed by atoms with Crippen LogP contribution in [0.2, 0.25) is 0 Å². The Morgan fingerprint density at radius 3 is 2.36 bits per heavy atom. The van der Waals surface area contributed by atoms with E-state index in [9.17, 15) is 24.6 Å². The Balaban J connectivity index is 0.942. The van der Waals surface area contributed by atoms with Crippen molar-refractivity contribution in [3.8, 4) is 51.5 Å². The largest absolute Gasteiger partial charge is 0.550 e. The number of phenolic OH excluding ortho intramolecular Hbond substituents is 1. The third kappa shape index (κ3) is 7.70. The van der Waals surface area contributed by atoms with Gasteiger partial charge in [0.05, 0.1) is 17.7 Å². The normalized spacial score (nSPS) is 15.3. The van der Waals surface area contributed by atoms with E-state index in [4.69, 9.17) is 13.9 Å². The molecule has 0 radical (unpaired) electrons. The molecule has 0 saturated carbocycles. The fraction of sp³-hybridized carbons (Fsp3) is 0.288. The molecule has 7 aliphatic rings. The zero-order chi connectivity index (χ0) is 46.8. The van der Waals surface area contributed by atoms with Crippen LogP contribution in [0.1, 0.15) is 106 Å². The molecular weight excluding hydrogens is 865 g/mol. The molecule has 5 aromatic carbocycles. The van der Waals surface area contributed by atoms with Gasteiger partial charge in [0, 0.05) is 105 Å². The van der Waals surface area contributed by atoms with Crippen molar-refractivity contribution in [3.05, 3.63) is 162 Å². The van der Waals surface area contributed by atoms with Crippen LogP contribution in [-0.2, 0) is 35.2 Å². The second-order valence-corrected chi connectivity index (χ2v) is 19.1.